The molecule has 0 aliphatic carbocycles. The second-order valence-electron chi connectivity index (χ2n) is 5.17. The first-order chi connectivity index (χ1) is 10.5. The Morgan fingerprint density at radius 2 is 2.14 bits per heavy atom. The molecule has 1 aromatic heterocycles. The third-order valence-corrected chi connectivity index (χ3v) is 5.70. The summed E-state index contributed by atoms with van der Waals surface area (Å²) in [6.07, 6.45) is 3.85. The number of benzene rings is 1. The number of halogens is 1. The average molecular weight is 325 g/mol. The fourth-order valence-corrected chi connectivity index (χ4v) is 4.27. The summed E-state index contributed by atoms with van der Waals surface area (Å²) < 4.78 is 41.4. The van der Waals surface area contributed by atoms with E-state index in [-0.39, 0.29) is 17.2 Å². The SMILES string of the molecule is O=S(=O)(c1cnn(-c2ccccc2F)c1)N1CCC[C@@H]1CO. The molecule has 2 aromatic rings. The number of nitrogens with zero attached hydrogens (tertiary/aromatic N) is 3. The highest BCUT2D eigenvalue weighted by molar-refractivity contribution is 7.89. The smallest absolute Gasteiger partial charge is 0.246 e. The molecule has 0 saturated carbocycles. The lowest BCUT2D eigenvalue weighted by atomic mass is 10.2. The number of para-hydroxylation sites is 1. The molecule has 6 nitrogen and oxygen atoms in total. The Morgan fingerprint density at radius 1 is 1.36 bits per heavy atom. The molecule has 1 N–H and O–H groups in total. The van der Waals surface area contributed by atoms with Crippen LogP contribution in [0.2, 0.25) is 0 Å². The summed E-state index contributed by atoms with van der Waals surface area (Å²) >= 11 is 0. The van der Waals surface area contributed by atoms with Gasteiger partial charge in [0.05, 0.1) is 19.0 Å². The van der Waals surface area contributed by atoms with Crippen LogP contribution in [-0.4, -0.2) is 46.8 Å². The maximum absolute atomic E-state index is 13.7. The Hall–Kier alpha value is -1.77. The molecule has 1 fully saturated rings. The highest BCUT2D eigenvalue weighted by atomic mass is 32.2. The molecule has 3 rings (SSSR count). The van der Waals surface area contributed by atoms with Gasteiger partial charge in [0.2, 0.25) is 10.0 Å². The molecule has 1 aliphatic rings. The van der Waals surface area contributed by atoms with Crippen molar-refractivity contribution >= 4 is 10.0 Å². The summed E-state index contributed by atoms with van der Waals surface area (Å²) in [6, 6.07) is 5.60. The van der Waals surface area contributed by atoms with Gasteiger partial charge in [0.25, 0.3) is 0 Å². The molecular weight excluding hydrogens is 309 g/mol. The zero-order chi connectivity index (χ0) is 15.7. The Kier molecular flexibility index (Phi) is 3.98. The van der Waals surface area contributed by atoms with Gasteiger partial charge in [-0.25, -0.2) is 17.5 Å². The Balaban J connectivity index is 1.95. The van der Waals surface area contributed by atoms with Crippen molar-refractivity contribution in [3.63, 3.8) is 0 Å². The van der Waals surface area contributed by atoms with E-state index in [0.717, 1.165) is 0 Å². The molecule has 1 aromatic carbocycles. The van der Waals surface area contributed by atoms with Crippen molar-refractivity contribution in [1.82, 2.24) is 14.1 Å². The number of hydrogen-bond acceptors (Lipinski definition) is 4. The molecule has 0 bridgehead atoms. The van der Waals surface area contributed by atoms with Crippen LogP contribution in [-0.2, 0) is 10.0 Å². The van der Waals surface area contributed by atoms with Crippen LogP contribution in [0, 0.1) is 5.82 Å². The molecule has 0 radical (unpaired) electrons. The monoisotopic (exact) mass is 325 g/mol. The first-order valence-electron chi connectivity index (χ1n) is 6.96. The second kappa shape index (κ2) is 5.79. The fraction of sp³-hybridized carbons (Fsp3) is 0.357. The van der Waals surface area contributed by atoms with E-state index in [9.17, 15) is 17.9 Å². The zero-order valence-corrected chi connectivity index (χ0v) is 12.6. The van der Waals surface area contributed by atoms with Crippen molar-refractivity contribution in [2.24, 2.45) is 0 Å². The van der Waals surface area contributed by atoms with Crippen LogP contribution in [0.1, 0.15) is 12.8 Å². The standard InChI is InChI=1S/C14H16FN3O3S/c15-13-5-1-2-6-14(13)17-9-12(8-16-17)22(20,21)18-7-3-4-11(18)10-19/h1-2,5-6,8-9,11,19H,3-4,7,10H2/t11-/m1/s1. The second-order valence-corrected chi connectivity index (χ2v) is 7.06. The minimum atomic E-state index is -3.73. The molecule has 1 aliphatic heterocycles. The predicted octanol–water partition coefficient (Wildman–Crippen LogP) is 1.16. The molecule has 8 heteroatoms. The van der Waals surface area contributed by atoms with Crippen LogP contribution in [0.25, 0.3) is 5.69 Å². The van der Waals surface area contributed by atoms with Crippen molar-refractivity contribution in [2.75, 3.05) is 13.2 Å². The van der Waals surface area contributed by atoms with Gasteiger partial charge in [0.15, 0.2) is 0 Å². The van der Waals surface area contributed by atoms with Crippen LogP contribution < -0.4 is 0 Å². The molecule has 118 valence electrons. The molecule has 1 saturated heterocycles. The van der Waals surface area contributed by atoms with E-state index in [2.05, 4.69) is 5.10 Å². The normalized spacial score (nSPS) is 19.6. The van der Waals surface area contributed by atoms with Gasteiger partial charge in [0.1, 0.15) is 16.4 Å². The van der Waals surface area contributed by atoms with Gasteiger partial charge in [-0.2, -0.15) is 9.40 Å². The topological polar surface area (TPSA) is 75.4 Å². The van der Waals surface area contributed by atoms with Crippen molar-refractivity contribution < 1.29 is 17.9 Å². The molecular formula is C14H16FN3O3S. The predicted molar refractivity (Wildman–Crippen MR) is 77.5 cm³/mol. The van der Waals surface area contributed by atoms with Gasteiger partial charge >= 0.3 is 0 Å². The van der Waals surface area contributed by atoms with E-state index in [4.69, 9.17) is 0 Å². The van der Waals surface area contributed by atoms with Gasteiger partial charge in [-0.05, 0) is 25.0 Å². The lowest BCUT2D eigenvalue weighted by molar-refractivity contribution is 0.213. The lowest BCUT2D eigenvalue weighted by Gasteiger charge is -2.21. The molecule has 22 heavy (non-hydrogen) atoms. The molecule has 1 atom stereocenters. The van der Waals surface area contributed by atoms with Crippen molar-refractivity contribution in [3.05, 3.63) is 42.5 Å². The number of sulfonamides is 1. The average Bonchev–Trinajstić information content (AvgIpc) is 3.17. The summed E-state index contributed by atoms with van der Waals surface area (Å²) in [5.74, 6) is -0.482. The van der Waals surface area contributed by atoms with Gasteiger partial charge in [-0.15, -0.1) is 0 Å². The summed E-state index contributed by atoms with van der Waals surface area (Å²) in [4.78, 5) is -0.00361. The van der Waals surface area contributed by atoms with E-state index in [1.165, 1.54) is 33.5 Å². The van der Waals surface area contributed by atoms with Crippen LogP contribution in [0.4, 0.5) is 4.39 Å². The third-order valence-electron chi connectivity index (χ3n) is 3.80. The number of aliphatic hydroxyl groups excluding tert-OH is 1. The Bertz CT molecular complexity index is 775. The van der Waals surface area contributed by atoms with E-state index in [1.807, 2.05) is 0 Å². The van der Waals surface area contributed by atoms with Crippen molar-refractivity contribution in [3.8, 4) is 5.69 Å². The van der Waals surface area contributed by atoms with Crippen LogP contribution >= 0.6 is 0 Å². The first kappa shape index (κ1) is 15.1. The van der Waals surface area contributed by atoms with Crippen molar-refractivity contribution in [2.45, 2.75) is 23.8 Å². The summed E-state index contributed by atoms with van der Waals surface area (Å²) in [7, 11) is -3.73. The number of aliphatic hydroxyl groups is 1. The van der Waals surface area contributed by atoms with Gasteiger partial charge in [-0.3, -0.25) is 0 Å². The highest BCUT2D eigenvalue weighted by Crippen LogP contribution is 2.26. The Morgan fingerprint density at radius 3 is 2.86 bits per heavy atom. The molecule has 2 heterocycles. The van der Waals surface area contributed by atoms with E-state index in [1.54, 1.807) is 12.1 Å². The first-order valence-corrected chi connectivity index (χ1v) is 8.40. The van der Waals surface area contributed by atoms with Gasteiger partial charge in [-0.1, -0.05) is 12.1 Å². The van der Waals surface area contributed by atoms with Crippen molar-refractivity contribution in [1.29, 1.82) is 0 Å². The number of aromatic nitrogens is 2. The minimum Gasteiger partial charge on any atom is -0.395 e. The van der Waals surface area contributed by atoms with E-state index in [0.29, 0.717) is 19.4 Å². The maximum Gasteiger partial charge on any atom is 0.246 e. The van der Waals surface area contributed by atoms with Gasteiger partial charge < -0.3 is 5.11 Å². The lowest BCUT2D eigenvalue weighted by Crippen LogP contribution is -2.37. The maximum atomic E-state index is 13.7. The van der Waals surface area contributed by atoms with Gasteiger partial charge in [0, 0.05) is 12.6 Å². The largest absolute Gasteiger partial charge is 0.395 e. The molecule has 0 amide bonds. The Labute approximate surface area is 127 Å². The fourth-order valence-electron chi connectivity index (χ4n) is 2.65. The zero-order valence-electron chi connectivity index (χ0n) is 11.8. The number of rotatable bonds is 4. The van der Waals surface area contributed by atoms with Crippen LogP contribution in [0.15, 0.2) is 41.6 Å². The highest BCUT2D eigenvalue weighted by Gasteiger charge is 2.35. The van der Waals surface area contributed by atoms with E-state index < -0.39 is 21.9 Å². The van der Waals surface area contributed by atoms with E-state index >= 15 is 0 Å². The summed E-state index contributed by atoms with van der Waals surface area (Å²) in [6.45, 7) is 0.166. The summed E-state index contributed by atoms with van der Waals surface area (Å²) in [5, 5.41) is 13.2. The van der Waals surface area contributed by atoms with Crippen LogP contribution in [0.5, 0.6) is 0 Å². The molecule has 0 spiro atoms. The third kappa shape index (κ3) is 2.53. The van der Waals surface area contributed by atoms with Crippen LogP contribution in [0.3, 0.4) is 0 Å². The quantitative estimate of drug-likeness (QED) is 0.915. The number of hydrogen-bond donors (Lipinski definition) is 1. The molecule has 0 unspecified atom stereocenters. The summed E-state index contributed by atoms with van der Waals surface area (Å²) in [5.41, 5.74) is 0.184. The minimum absolute atomic E-state index is 0.00361.